The van der Waals surface area contributed by atoms with Crippen molar-refractivity contribution in [2.75, 3.05) is 13.2 Å². The molecule has 0 bridgehead atoms. The normalized spacial score (nSPS) is 13.2. The summed E-state index contributed by atoms with van der Waals surface area (Å²) < 4.78 is 16.9. The zero-order chi connectivity index (χ0) is 59.2. The van der Waals surface area contributed by atoms with Crippen LogP contribution in [0.4, 0.5) is 0 Å². The third kappa shape index (κ3) is 65.8. The van der Waals surface area contributed by atoms with Crippen molar-refractivity contribution in [2.24, 2.45) is 0 Å². The van der Waals surface area contributed by atoms with E-state index in [9.17, 15) is 14.4 Å². The Balaban J connectivity index is 4.47. The molecule has 0 spiro atoms. The summed E-state index contributed by atoms with van der Waals surface area (Å²) in [5.41, 5.74) is 0. The first kappa shape index (κ1) is 77.0. The lowest BCUT2D eigenvalue weighted by Gasteiger charge is -2.18. The lowest BCUT2D eigenvalue weighted by atomic mass is 10.1. The summed E-state index contributed by atoms with van der Waals surface area (Å²) in [7, 11) is 0. The van der Waals surface area contributed by atoms with Gasteiger partial charge >= 0.3 is 17.9 Å². The second kappa shape index (κ2) is 68.5. The summed E-state index contributed by atoms with van der Waals surface area (Å²) >= 11 is 0. The fourth-order valence-electron chi connectivity index (χ4n) is 8.80. The highest BCUT2D eigenvalue weighted by atomic mass is 16.6. The molecule has 0 fully saturated rings. The van der Waals surface area contributed by atoms with Crippen LogP contribution in [0.2, 0.25) is 0 Å². The van der Waals surface area contributed by atoms with E-state index in [2.05, 4.69) is 179 Å². The van der Waals surface area contributed by atoms with Crippen molar-refractivity contribution in [3.63, 3.8) is 0 Å². The smallest absolute Gasteiger partial charge is 0.306 e. The van der Waals surface area contributed by atoms with Crippen molar-refractivity contribution in [2.45, 2.75) is 290 Å². The van der Waals surface area contributed by atoms with E-state index in [-0.39, 0.29) is 31.1 Å². The number of esters is 3. The molecule has 82 heavy (non-hydrogen) atoms. The summed E-state index contributed by atoms with van der Waals surface area (Å²) in [6.07, 6.45) is 99.6. The Morgan fingerprint density at radius 1 is 0.256 bits per heavy atom. The SMILES string of the molecule is CC/C=C\C/C=C\C/C=C\C/C=C\C/C=C\C/C=C\C/C=C\C/C=C\CCCCCCC(=O)OCC(COC(=O)CCCCCC/C=C\C/C=C\C/C=C\C/C=C\CC)OC(=O)CCCCCCCCC/C=C\CCCCCCCCC. The molecule has 0 saturated carbocycles. The molecule has 0 N–H and O–H groups in total. The van der Waals surface area contributed by atoms with E-state index in [1.54, 1.807) is 0 Å². The van der Waals surface area contributed by atoms with Crippen LogP contribution in [0.15, 0.2) is 158 Å². The molecule has 0 radical (unpaired) electrons. The largest absolute Gasteiger partial charge is 0.462 e. The van der Waals surface area contributed by atoms with Crippen LogP contribution in [0.3, 0.4) is 0 Å². The number of carbonyl (C=O) groups excluding carboxylic acids is 3. The van der Waals surface area contributed by atoms with Gasteiger partial charge in [0.1, 0.15) is 13.2 Å². The van der Waals surface area contributed by atoms with E-state index in [0.717, 1.165) is 161 Å². The van der Waals surface area contributed by atoms with Gasteiger partial charge in [-0.15, -0.1) is 0 Å². The summed E-state index contributed by atoms with van der Waals surface area (Å²) in [5, 5.41) is 0. The van der Waals surface area contributed by atoms with E-state index in [4.69, 9.17) is 14.2 Å². The van der Waals surface area contributed by atoms with Crippen molar-refractivity contribution in [3.05, 3.63) is 158 Å². The molecule has 0 aromatic rings. The lowest BCUT2D eigenvalue weighted by molar-refractivity contribution is -0.167. The molecule has 0 saturated heterocycles. The second-order valence-electron chi connectivity index (χ2n) is 21.6. The Labute approximate surface area is 505 Å². The van der Waals surface area contributed by atoms with E-state index in [1.165, 1.54) is 83.5 Å². The van der Waals surface area contributed by atoms with Gasteiger partial charge in [0.15, 0.2) is 6.10 Å². The van der Waals surface area contributed by atoms with Crippen molar-refractivity contribution < 1.29 is 28.6 Å². The molecule has 0 aliphatic heterocycles. The Kier molecular flexibility index (Phi) is 64.4. The lowest BCUT2D eigenvalue weighted by Crippen LogP contribution is -2.30. The first-order valence-corrected chi connectivity index (χ1v) is 33.5. The summed E-state index contributed by atoms with van der Waals surface area (Å²) in [6, 6.07) is 0. The molecule has 6 nitrogen and oxygen atoms in total. The first-order valence-electron chi connectivity index (χ1n) is 33.5. The average molecular weight is 1130 g/mol. The fraction of sp³-hybridized carbons (Fsp3) is 0.618. The van der Waals surface area contributed by atoms with Crippen molar-refractivity contribution >= 4 is 17.9 Å². The minimum Gasteiger partial charge on any atom is -0.462 e. The molecule has 0 amide bonds. The van der Waals surface area contributed by atoms with E-state index >= 15 is 0 Å². The molecular weight excluding hydrogens is 1010 g/mol. The van der Waals surface area contributed by atoms with Crippen LogP contribution < -0.4 is 0 Å². The molecule has 0 aromatic heterocycles. The fourth-order valence-corrected chi connectivity index (χ4v) is 8.80. The number of hydrogen-bond acceptors (Lipinski definition) is 6. The van der Waals surface area contributed by atoms with E-state index in [0.29, 0.717) is 19.3 Å². The van der Waals surface area contributed by atoms with E-state index in [1.807, 2.05) is 0 Å². The monoisotopic (exact) mass is 1130 g/mol. The number of hydrogen-bond donors (Lipinski definition) is 0. The number of allylic oxidation sites excluding steroid dienone is 26. The average Bonchev–Trinajstić information content (AvgIpc) is 3.47. The number of unbranched alkanes of at least 4 members (excludes halogenated alkanes) is 22. The van der Waals surface area contributed by atoms with Gasteiger partial charge in [-0.2, -0.15) is 0 Å². The van der Waals surface area contributed by atoms with Gasteiger partial charge in [-0.1, -0.05) is 275 Å². The second-order valence-corrected chi connectivity index (χ2v) is 21.6. The third-order valence-electron chi connectivity index (χ3n) is 13.7. The maximum Gasteiger partial charge on any atom is 0.306 e. The molecule has 0 aliphatic carbocycles. The van der Waals surface area contributed by atoms with Gasteiger partial charge in [0.05, 0.1) is 0 Å². The highest BCUT2D eigenvalue weighted by Crippen LogP contribution is 2.15. The standard InChI is InChI=1S/C76H122O6/c1-4-7-10-13-16-19-22-25-28-31-33-34-35-36-37-38-39-40-41-42-43-46-48-51-54-57-60-63-66-69-75(78)81-72-73(71-80-74(77)68-65-62-59-56-53-50-47-44-30-27-24-21-18-15-12-9-6-3)82-76(79)70-67-64-61-58-55-52-49-45-32-29-26-23-20-17-14-11-8-5-2/h7,9-10,12,16,18-19,21,25,27-30,32-34,36-37,39-40,42-43,47-48,50-51,73H,4-6,8,11,13-15,17,20,22-24,26,31,35,38,41,44-46,49,52-72H2,1-3H3/b10-7-,12-9-,19-16-,21-18-,28-25-,30-27-,32-29-,34-33-,37-36-,40-39-,43-42-,50-47-,51-48-. The highest BCUT2D eigenvalue weighted by molar-refractivity contribution is 5.71. The maximum atomic E-state index is 12.9. The Hall–Kier alpha value is -4.97. The molecule has 462 valence electrons. The third-order valence-corrected chi connectivity index (χ3v) is 13.7. The molecule has 1 atom stereocenters. The quantitative estimate of drug-likeness (QED) is 0.0261. The predicted molar refractivity (Wildman–Crippen MR) is 357 cm³/mol. The number of rotatable bonds is 59. The van der Waals surface area contributed by atoms with Crippen LogP contribution in [0.25, 0.3) is 0 Å². The van der Waals surface area contributed by atoms with Crippen LogP contribution in [0.1, 0.15) is 284 Å². The van der Waals surface area contributed by atoms with Gasteiger partial charge in [0.25, 0.3) is 0 Å². The zero-order valence-corrected chi connectivity index (χ0v) is 52.9. The van der Waals surface area contributed by atoms with Crippen LogP contribution >= 0.6 is 0 Å². The number of carbonyl (C=O) groups is 3. The Morgan fingerprint density at radius 3 is 0.756 bits per heavy atom. The maximum absolute atomic E-state index is 12.9. The molecule has 6 heteroatoms. The zero-order valence-electron chi connectivity index (χ0n) is 52.9. The van der Waals surface area contributed by atoms with Crippen molar-refractivity contribution in [1.29, 1.82) is 0 Å². The molecule has 0 heterocycles. The van der Waals surface area contributed by atoms with Gasteiger partial charge in [0, 0.05) is 19.3 Å². The summed E-state index contributed by atoms with van der Waals surface area (Å²) in [4.78, 5) is 38.4. The van der Waals surface area contributed by atoms with Crippen molar-refractivity contribution in [1.82, 2.24) is 0 Å². The molecule has 0 rings (SSSR count). The summed E-state index contributed by atoms with van der Waals surface area (Å²) in [6.45, 7) is 6.37. The van der Waals surface area contributed by atoms with Crippen LogP contribution in [-0.2, 0) is 28.6 Å². The van der Waals surface area contributed by atoms with Gasteiger partial charge in [-0.25, -0.2) is 0 Å². The van der Waals surface area contributed by atoms with Crippen LogP contribution in [-0.4, -0.2) is 37.2 Å². The topological polar surface area (TPSA) is 78.9 Å². The van der Waals surface area contributed by atoms with Crippen molar-refractivity contribution in [3.8, 4) is 0 Å². The van der Waals surface area contributed by atoms with Gasteiger partial charge in [0.2, 0.25) is 0 Å². The highest BCUT2D eigenvalue weighted by Gasteiger charge is 2.19. The Bertz CT molecular complexity index is 1830. The first-order chi connectivity index (χ1) is 40.5. The summed E-state index contributed by atoms with van der Waals surface area (Å²) in [5.74, 6) is -0.957. The minimum absolute atomic E-state index is 0.106. The molecule has 0 aliphatic rings. The number of ether oxygens (including phenoxy) is 3. The molecule has 1 unspecified atom stereocenters. The van der Waals surface area contributed by atoms with Gasteiger partial charge in [-0.05, 0) is 148 Å². The predicted octanol–water partition coefficient (Wildman–Crippen LogP) is 23.3. The van der Waals surface area contributed by atoms with Crippen LogP contribution in [0.5, 0.6) is 0 Å². The van der Waals surface area contributed by atoms with Gasteiger partial charge < -0.3 is 14.2 Å². The van der Waals surface area contributed by atoms with Gasteiger partial charge in [-0.3, -0.25) is 14.4 Å². The minimum atomic E-state index is -0.811. The molecule has 0 aromatic carbocycles. The Morgan fingerprint density at radius 2 is 0.476 bits per heavy atom. The van der Waals surface area contributed by atoms with E-state index < -0.39 is 6.10 Å². The molecular formula is C76H122O6. The van der Waals surface area contributed by atoms with Crippen LogP contribution in [0, 0.1) is 0 Å².